The topological polar surface area (TPSA) is 113 Å². The smallest absolute Gasteiger partial charge is 0.326 e. The fourth-order valence-corrected chi connectivity index (χ4v) is 4.97. The lowest BCUT2D eigenvalue weighted by Crippen LogP contribution is -2.39. The molecule has 0 saturated carbocycles. The van der Waals surface area contributed by atoms with Crippen molar-refractivity contribution in [1.29, 1.82) is 0 Å². The number of carboxylic acids is 1. The number of hydrogen-bond acceptors (Lipinski definition) is 8. The van der Waals surface area contributed by atoms with Crippen molar-refractivity contribution in [1.82, 2.24) is 19.9 Å². The molecule has 1 aliphatic rings. The van der Waals surface area contributed by atoms with Crippen LogP contribution in [0.25, 0.3) is 11.1 Å². The minimum absolute atomic E-state index is 0.00449. The minimum atomic E-state index is -1.15. The van der Waals surface area contributed by atoms with E-state index in [-0.39, 0.29) is 19.6 Å². The first-order valence-corrected chi connectivity index (χ1v) is 14.0. The van der Waals surface area contributed by atoms with E-state index in [4.69, 9.17) is 9.72 Å². The molecule has 0 amide bonds. The number of rotatable bonds is 16. The molecule has 9 nitrogen and oxygen atoms in total. The number of methoxy groups -OCH3 is 1. The Kier molecular flexibility index (Phi) is 11.2. The van der Waals surface area contributed by atoms with E-state index in [0.717, 1.165) is 61.3 Å². The maximum atomic E-state index is 14.5. The maximum absolute atomic E-state index is 14.5. The van der Waals surface area contributed by atoms with Gasteiger partial charge >= 0.3 is 5.97 Å². The second kappa shape index (κ2) is 15.2. The van der Waals surface area contributed by atoms with Gasteiger partial charge in [-0.25, -0.2) is 24.1 Å². The highest BCUT2D eigenvalue weighted by molar-refractivity contribution is 5.81. The Balaban J connectivity index is 1.34. The lowest BCUT2D eigenvalue weighted by atomic mass is 10.1. The Labute approximate surface area is 235 Å². The molecule has 1 aliphatic heterocycles. The zero-order chi connectivity index (χ0) is 28.2. The van der Waals surface area contributed by atoms with Crippen LogP contribution in [0.2, 0.25) is 0 Å². The molecular formula is C30H39FN6O3. The number of nitrogens with zero attached hydrogens (tertiary/aromatic N) is 4. The van der Waals surface area contributed by atoms with E-state index in [1.807, 2.05) is 35.2 Å². The number of aryl methyl sites for hydroxylation is 2. The van der Waals surface area contributed by atoms with Gasteiger partial charge in [0.05, 0.1) is 6.61 Å². The zero-order valence-corrected chi connectivity index (χ0v) is 23.1. The quantitative estimate of drug-likeness (QED) is 0.223. The maximum Gasteiger partial charge on any atom is 0.326 e. The summed E-state index contributed by atoms with van der Waals surface area (Å²) < 4.78 is 19.5. The normalized spacial score (nSPS) is 14.3. The molecule has 0 saturated heterocycles. The SMILES string of the molecule is COC[C@@H](F)CN(CCCCc1ccc2c(n1)NCCC2)CC[C@H](Nc1ncncc1-c1ccccc1)C(=O)O. The van der Waals surface area contributed by atoms with Crippen molar-refractivity contribution in [2.24, 2.45) is 0 Å². The second-order valence-corrected chi connectivity index (χ2v) is 10.1. The summed E-state index contributed by atoms with van der Waals surface area (Å²) in [5.41, 5.74) is 3.94. The number of carboxylic acid groups (broad SMARTS) is 1. The number of aliphatic carboxylic acids is 1. The largest absolute Gasteiger partial charge is 0.480 e. The predicted octanol–water partition coefficient (Wildman–Crippen LogP) is 4.46. The van der Waals surface area contributed by atoms with Gasteiger partial charge < -0.3 is 25.4 Å². The standard InChI is InChI=1S/C30H39FN6O3/c1-40-20-24(31)19-37(16-6-5-11-25-13-12-23-10-7-15-33-28(23)35-25)17-14-27(30(38)39)36-29-26(18-32-21-34-29)22-8-3-2-4-9-22/h2-4,8-9,12-13,18,21,24,27H,5-7,10-11,14-17,19-20H2,1H3,(H,33,35)(H,38,39)(H,32,34,36)/t24-,27-/m0/s1. The third-order valence-electron chi connectivity index (χ3n) is 7.05. The number of hydrogen-bond donors (Lipinski definition) is 3. The molecule has 2 aromatic heterocycles. The summed E-state index contributed by atoms with van der Waals surface area (Å²) in [7, 11) is 1.48. The molecule has 10 heteroatoms. The van der Waals surface area contributed by atoms with Crippen molar-refractivity contribution in [2.45, 2.75) is 50.7 Å². The molecule has 3 heterocycles. The number of benzene rings is 1. The van der Waals surface area contributed by atoms with Crippen molar-refractivity contribution in [3.63, 3.8) is 0 Å². The van der Waals surface area contributed by atoms with Gasteiger partial charge in [-0.1, -0.05) is 36.4 Å². The minimum Gasteiger partial charge on any atom is -0.480 e. The number of carbonyl (C=O) groups is 1. The van der Waals surface area contributed by atoms with E-state index in [9.17, 15) is 14.3 Å². The summed E-state index contributed by atoms with van der Waals surface area (Å²) in [6, 6.07) is 12.9. The Morgan fingerprint density at radius 1 is 1.20 bits per heavy atom. The average molecular weight is 551 g/mol. The molecule has 3 N–H and O–H groups in total. The summed E-state index contributed by atoms with van der Waals surface area (Å²) in [6.07, 6.45) is 6.99. The lowest BCUT2D eigenvalue weighted by molar-refractivity contribution is -0.138. The second-order valence-electron chi connectivity index (χ2n) is 10.1. The first-order chi connectivity index (χ1) is 19.5. The van der Waals surface area contributed by atoms with Crippen LogP contribution in [0.1, 0.15) is 36.9 Å². The number of halogens is 1. The fraction of sp³-hybridized carbons (Fsp3) is 0.467. The van der Waals surface area contributed by atoms with E-state index in [1.54, 1.807) is 6.20 Å². The van der Waals surface area contributed by atoms with Crippen molar-refractivity contribution < 1.29 is 19.0 Å². The highest BCUT2D eigenvalue weighted by atomic mass is 19.1. The summed E-state index contributed by atoms with van der Waals surface area (Å²) in [5.74, 6) is 0.463. The first kappa shape index (κ1) is 29.4. The van der Waals surface area contributed by atoms with Gasteiger partial charge in [-0.3, -0.25) is 0 Å². The van der Waals surface area contributed by atoms with Gasteiger partial charge in [-0.15, -0.1) is 0 Å². The van der Waals surface area contributed by atoms with E-state index >= 15 is 0 Å². The molecule has 0 unspecified atom stereocenters. The van der Waals surface area contributed by atoms with Gasteiger partial charge in [0.2, 0.25) is 0 Å². The van der Waals surface area contributed by atoms with Gasteiger partial charge in [0.1, 0.15) is 30.2 Å². The Hall–Kier alpha value is -3.63. The molecule has 0 bridgehead atoms. The number of alkyl halides is 1. The monoisotopic (exact) mass is 550 g/mol. The molecule has 0 spiro atoms. The molecule has 1 aromatic carbocycles. The lowest BCUT2D eigenvalue weighted by Gasteiger charge is -2.26. The number of nitrogens with one attached hydrogen (secondary N) is 2. The van der Waals surface area contributed by atoms with Crippen molar-refractivity contribution >= 4 is 17.6 Å². The number of anilines is 2. The number of aromatic nitrogens is 3. The highest BCUT2D eigenvalue weighted by Gasteiger charge is 2.22. The Bertz CT molecular complexity index is 1220. The Morgan fingerprint density at radius 2 is 2.05 bits per heavy atom. The van der Waals surface area contributed by atoms with Crippen LogP contribution in [-0.2, 0) is 22.4 Å². The molecule has 0 radical (unpaired) electrons. The summed E-state index contributed by atoms with van der Waals surface area (Å²) >= 11 is 0. The molecule has 2 atom stereocenters. The van der Waals surface area contributed by atoms with E-state index in [0.29, 0.717) is 18.9 Å². The predicted molar refractivity (Wildman–Crippen MR) is 154 cm³/mol. The van der Waals surface area contributed by atoms with Crippen molar-refractivity contribution in [2.75, 3.05) is 50.5 Å². The van der Waals surface area contributed by atoms with Crippen LogP contribution >= 0.6 is 0 Å². The van der Waals surface area contributed by atoms with Crippen molar-refractivity contribution in [3.05, 3.63) is 66.2 Å². The molecule has 0 fully saturated rings. The summed E-state index contributed by atoms with van der Waals surface area (Å²) in [4.78, 5) is 27.4. The number of fused-ring (bicyclic) bond motifs is 1. The summed E-state index contributed by atoms with van der Waals surface area (Å²) in [5, 5.41) is 16.4. The van der Waals surface area contributed by atoms with Gasteiger partial charge in [0, 0.05) is 44.2 Å². The molecule has 214 valence electrons. The van der Waals surface area contributed by atoms with E-state index < -0.39 is 18.2 Å². The highest BCUT2D eigenvalue weighted by Crippen LogP contribution is 2.26. The third kappa shape index (κ3) is 8.69. The van der Waals surface area contributed by atoms with Crippen LogP contribution in [0.15, 0.2) is 55.0 Å². The van der Waals surface area contributed by atoms with Gasteiger partial charge in [-0.05, 0) is 62.3 Å². The van der Waals surface area contributed by atoms with Crippen molar-refractivity contribution in [3.8, 4) is 11.1 Å². The number of pyridine rings is 1. The fourth-order valence-electron chi connectivity index (χ4n) is 4.97. The molecule has 4 rings (SSSR count). The number of unbranched alkanes of at least 4 members (excludes halogenated alkanes) is 1. The Morgan fingerprint density at radius 3 is 2.85 bits per heavy atom. The van der Waals surface area contributed by atoms with Crippen LogP contribution in [0.4, 0.5) is 16.0 Å². The van der Waals surface area contributed by atoms with E-state index in [2.05, 4.69) is 32.7 Å². The van der Waals surface area contributed by atoms with Crippen LogP contribution < -0.4 is 10.6 Å². The molecular weight excluding hydrogens is 511 g/mol. The molecule has 3 aromatic rings. The van der Waals surface area contributed by atoms with Crippen LogP contribution in [0.3, 0.4) is 0 Å². The summed E-state index contributed by atoms with van der Waals surface area (Å²) in [6.45, 7) is 2.22. The van der Waals surface area contributed by atoms with Gasteiger partial charge in [-0.2, -0.15) is 0 Å². The van der Waals surface area contributed by atoms with Crippen LogP contribution in [-0.4, -0.2) is 83.0 Å². The average Bonchev–Trinajstić information content (AvgIpc) is 2.97. The molecule has 40 heavy (non-hydrogen) atoms. The van der Waals surface area contributed by atoms with Gasteiger partial charge in [0.25, 0.3) is 0 Å². The zero-order valence-electron chi connectivity index (χ0n) is 23.1. The van der Waals surface area contributed by atoms with Crippen LogP contribution in [0, 0.1) is 0 Å². The third-order valence-corrected chi connectivity index (χ3v) is 7.05. The number of ether oxygens (including phenoxy) is 1. The van der Waals surface area contributed by atoms with Gasteiger partial charge in [0.15, 0.2) is 0 Å². The van der Waals surface area contributed by atoms with E-state index in [1.165, 1.54) is 19.0 Å². The molecule has 0 aliphatic carbocycles. The first-order valence-electron chi connectivity index (χ1n) is 14.0. The van der Waals surface area contributed by atoms with Crippen LogP contribution in [0.5, 0.6) is 0 Å².